The van der Waals surface area contributed by atoms with Gasteiger partial charge in [0.05, 0.1) is 28.7 Å². The van der Waals surface area contributed by atoms with Crippen LogP contribution in [0.1, 0.15) is 17.3 Å². The van der Waals surface area contributed by atoms with Gasteiger partial charge in [-0.25, -0.2) is 14.4 Å². The highest BCUT2D eigenvalue weighted by atomic mass is 19.1. The number of nitrogens with two attached hydrogens (primary N) is 3. The lowest BCUT2D eigenvalue weighted by molar-refractivity contribution is 0.628. The van der Waals surface area contributed by atoms with Crippen LogP contribution in [0.15, 0.2) is 101 Å². The van der Waals surface area contributed by atoms with E-state index in [2.05, 4.69) is 9.97 Å². The molecule has 0 radical (unpaired) electrons. The topological polar surface area (TPSA) is 116 Å². The van der Waals surface area contributed by atoms with Crippen molar-refractivity contribution in [3.05, 3.63) is 113 Å². The van der Waals surface area contributed by atoms with Gasteiger partial charge in [0.1, 0.15) is 5.82 Å². The van der Waals surface area contributed by atoms with E-state index in [-0.39, 0.29) is 17.8 Å². The van der Waals surface area contributed by atoms with Crippen molar-refractivity contribution >= 4 is 11.7 Å². The van der Waals surface area contributed by atoms with Gasteiger partial charge >= 0.3 is 0 Å². The third-order valence-corrected chi connectivity index (χ3v) is 5.57. The number of allylic oxidation sites excluding steroid dienone is 2. The lowest BCUT2D eigenvalue weighted by Gasteiger charge is -2.30. The first-order valence-electron chi connectivity index (χ1n) is 10.1. The lowest BCUT2D eigenvalue weighted by Crippen LogP contribution is -2.38. The monoisotopic (exact) mass is 424 g/mol. The van der Waals surface area contributed by atoms with Gasteiger partial charge in [-0.3, -0.25) is 4.99 Å². The van der Waals surface area contributed by atoms with Gasteiger partial charge in [0, 0.05) is 16.8 Å². The van der Waals surface area contributed by atoms with Crippen LogP contribution in [0, 0.1) is 5.82 Å². The molecule has 6 nitrogen and oxygen atoms in total. The normalized spacial score (nSPS) is 21.9. The van der Waals surface area contributed by atoms with Crippen molar-refractivity contribution in [3.63, 3.8) is 0 Å². The number of aliphatic imine (C=N–C) groups is 1. The SMILES string of the molecule is NC1=CC(c2ccccc2)N=C2C=CC(N)(c3cc(-c4ccc(F)cc4)nc(N)n3)C=C12. The molecule has 1 aromatic heterocycles. The summed E-state index contributed by atoms with van der Waals surface area (Å²) in [5, 5.41) is 0. The van der Waals surface area contributed by atoms with E-state index in [0.29, 0.717) is 22.6 Å². The zero-order chi connectivity index (χ0) is 22.3. The van der Waals surface area contributed by atoms with Crippen molar-refractivity contribution in [1.82, 2.24) is 9.97 Å². The molecule has 0 saturated carbocycles. The molecule has 5 rings (SSSR count). The smallest absolute Gasteiger partial charge is 0.220 e. The van der Waals surface area contributed by atoms with Crippen molar-refractivity contribution in [2.24, 2.45) is 16.5 Å². The van der Waals surface area contributed by atoms with Crippen molar-refractivity contribution in [2.45, 2.75) is 11.6 Å². The third kappa shape index (κ3) is 3.59. The Morgan fingerprint density at radius 1 is 0.938 bits per heavy atom. The van der Waals surface area contributed by atoms with E-state index in [4.69, 9.17) is 22.2 Å². The number of hydrogen-bond donors (Lipinski definition) is 3. The Morgan fingerprint density at radius 2 is 1.69 bits per heavy atom. The number of nitrogens with zero attached hydrogens (tertiary/aromatic N) is 3. The third-order valence-electron chi connectivity index (χ3n) is 5.57. The van der Waals surface area contributed by atoms with Crippen molar-refractivity contribution < 1.29 is 4.39 Å². The second-order valence-electron chi connectivity index (χ2n) is 7.82. The quantitative estimate of drug-likeness (QED) is 0.595. The minimum atomic E-state index is -1.06. The van der Waals surface area contributed by atoms with Gasteiger partial charge in [-0.05, 0) is 54.1 Å². The van der Waals surface area contributed by atoms with Crippen LogP contribution < -0.4 is 17.2 Å². The maximum Gasteiger partial charge on any atom is 0.220 e. The fourth-order valence-corrected chi connectivity index (χ4v) is 3.89. The number of halogens is 1. The first-order valence-corrected chi connectivity index (χ1v) is 10.1. The summed E-state index contributed by atoms with van der Waals surface area (Å²) in [6, 6.07) is 17.6. The molecule has 1 aliphatic carbocycles. The number of nitrogen functional groups attached to an aromatic ring is 1. The summed E-state index contributed by atoms with van der Waals surface area (Å²) in [5.74, 6) is -0.249. The van der Waals surface area contributed by atoms with Crippen LogP contribution in [0.3, 0.4) is 0 Å². The highest BCUT2D eigenvalue weighted by molar-refractivity contribution is 6.13. The number of dihydropyridines is 1. The molecule has 158 valence electrons. The molecule has 2 aromatic carbocycles. The molecule has 2 aliphatic rings. The molecule has 2 atom stereocenters. The van der Waals surface area contributed by atoms with Crippen LogP contribution in [0.2, 0.25) is 0 Å². The van der Waals surface area contributed by atoms with Crippen molar-refractivity contribution in [2.75, 3.05) is 5.73 Å². The molecule has 3 aromatic rings. The minimum Gasteiger partial charge on any atom is -0.398 e. The van der Waals surface area contributed by atoms with E-state index in [1.807, 2.05) is 54.6 Å². The molecular weight excluding hydrogens is 403 g/mol. The maximum absolute atomic E-state index is 13.3. The second-order valence-corrected chi connectivity index (χ2v) is 7.82. The average molecular weight is 424 g/mol. The predicted octanol–water partition coefficient (Wildman–Crippen LogP) is 3.55. The maximum atomic E-state index is 13.3. The molecule has 6 N–H and O–H groups in total. The van der Waals surface area contributed by atoms with Gasteiger partial charge in [-0.1, -0.05) is 36.4 Å². The molecule has 0 saturated heterocycles. The van der Waals surface area contributed by atoms with Gasteiger partial charge in [0.2, 0.25) is 5.95 Å². The summed E-state index contributed by atoms with van der Waals surface area (Å²) in [6.45, 7) is 0. The molecular formula is C25H21FN6. The molecule has 0 bridgehead atoms. The summed E-state index contributed by atoms with van der Waals surface area (Å²) < 4.78 is 13.3. The Kier molecular flexibility index (Phi) is 4.68. The number of anilines is 1. The van der Waals surface area contributed by atoms with Gasteiger partial charge < -0.3 is 17.2 Å². The highest BCUT2D eigenvalue weighted by Gasteiger charge is 2.32. The molecule has 1 aliphatic heterocycles. The first-order chi connectivity index (χ1) is 15.4. The Labute approximate surface area is 184 Å². The minimum absolute atomic E-state index is 0.0780. The number of rotatable bonds is 3. The number of hydrogen-bond acceptors (Lipinski definition) is 6. The molecule has 7 heteroatoms. The summed E-state index contributed by atoms with van der Waals surface area (Å²) in [7, 11) is 0. The summed E-state index contributed by atoms with van der Waals surface area (Å²) in [6.07, 6.45) is 7.45. The second kappa shape index (κ2) is 7.55. The van der Waals surface area contributed by atoms with Gasteiger partial charge in [-0.15, -0.1) is 0 Å². The van der Waals surface area contributed by atoms with Crippen molar-refractivity contribution in [1.29, 1.82) is 0 Å². The molecule has 0 fully saturated rings. The van der Waals surface area contributed by atoms with E-state index in [0.717, 1.165) is 16.8 Å². The van der Waals surface area contributed by atoms with Crippen LogP contribution in [0.4, 0.5) is 10.3 Å². The zero-order valence-corrected chi connectivity index (χ0v) is 17.1. The summed E-state index contributed by atoms with van der Waals surface area (Å²) >= 11 is 0. The van der Waals surface area contributed by atoms with E-state index < -0.39 is 5.54 Å². The summed E-state index contributed by atoms with van der Waals surface area (Å²) in [5.41, 5.74) is 23.0. The Morgan fingerprint density at radius 3 is 2.44 bits per heavy atom. The number of benzene rings is 2. The molecule has 0 spiro atoms. The largest absolute Gasteiger partial charge is 0.398 e. The average Bonchev–Trinajstić information content (AvgIpc) is 2.80. The van der Waals surface area contributed by atoms with Crippen LogP contribution in [0.5, 0.6) is 0 Å². The zero-order valence-electron chi connectivity index (χ0n) is 17.1. The fraction of sp³-hybridized carbons (Fsp3) is 0.0800. The van der Waals surface area contributed by atoms with E-state index in [9.17, 15) is 4.39 Å². The summed E-state index contributed by atoms with van der Waals surface area (Å²) in [4.78, 5) is 13.5. The van der Waals surface area contributed by atoms with Crippen molar-refractivity contribution in [3.8, 4) is 11.3 Å². The lowest BCUT2D eigenvalue weighted by atomic mass is 9.83. The number of aromatic nitrogens is 2. The van der Waals surface area contributed by atoms with Crippen LogP contribution in [-0.4, -0.2) is 15.7 Å². The van der Waals surface area contributed by atoms with E-state index in [1.165, 1.54) is 12.1 Å². The van der Waals surface area contributed by atoms with E-state index >= 15 is 0 Å². The van der Waals surface area contributed by atoms with Gasteiger partial charge in [-0.2, -0.15) is 0 Å². The van der Waals surface area contributed by atoms with Gasteiger partial charge in [0.15, 0.2) is 0 Å². The van der Waals surface area contributed by atoms with Crippen LogP contribution in [0.25, 0.3) is 11.3 Å². The number of fused-ring (bicyclic) bond motifs is 1. The predicted molar refractivity (Wildman–Crippen MR) is 124 cm³/mol. The Balaban J connectivity index is 1.53. The molecule has 2 heterocycles. The Hall–Kier alpha value is -4.10. The van der Waals surface area contributed by atoms with Crippen LogP contribution >= 0.6 is 0 Å². The van der Waals surface area contributed by atoms with Gasteiger partial charge in [0.25, 0.3) is 0 Å². The first kappa shape index (κ1) is 19.8. The molecule has 32 heavy (non-hydrogen) atoms. The fourth-order valence-electron chi connectivity index (χ4n) is 3.89. The highest BCUT2D eigenvalue weighted by Crippen LogP contribution is 2.35. The van der Waals surface area contributed by atoms with E-state index in [1.54, 1.807) is 18.2 Å². The molecule has 2 unspecified atom stereocenters. The Bertz CT molecular complexity index is 1310. The van der Waals surface area contributed by atoms with Crippen LogP contribution in [-0.2, 0) is 5.54 Å². The standard InChI is InChI=1S/C25H21FN6/c26-17-8-6-16(7-9-17)22-13-23(32-24(28)31-22)25(29)11-10-20-18(14-25)19(27)12-21(30-20)15-4-2-1-3-5-15/h1-14,21H,27,29H2,(H2,28,31,32). The molecule has 0 amide bonds.